The van der Waals surface area contributed by atoms with Crippen molar-refractivity contribution in [2.24, 2.45) is 5.92 Å². The van der Waals surface area contributed by atoms with Crippen LogP contribution in [0.3, 0.4) is 0 Å². The maximum atomic E-state index is 13.5. The van der Waals surface area contributed by atoms with Crippen molar-refractivity contribution in [1.82, 2.24) is 9.21 Å². The summed E-state index contributed by atoms with van der Waals surface area (Å²) in [6.07, 6.45) is 3.09. The third-order valence-electron chi connectivity index (χ3n) is 5.56. The molecule has 1 amide bonds. The maximum absolute atomic E-state index is 13.5. The van der Waals surface area contributed by atoms with Gasteiger partial charge in [-0.2, -0.15) is 4.31 Å². The van der Waals surface area contributed by atoms with Crippen LogP contribution in [0.1, 0.15) is 30.7 Å². The molecule has 0 radical (unpaired) electrons. The van der Waals surface area contributed by atoms with Crippen LogP contribution in [0.4, 0.5) is 0 Å². The van der Waals surface area contributed by atoms with Gasteiger partial charge in [0.2, 0.25) is 22.7 Å². The van der Waals surface area contributed by atoms with E-state index in [9.17, 15) is 13.2 Å². The fraction of sp³-hybridized carbons (Fsp3) is 0.296. The predicted molar refractivity (Wildman–Crippen MR) is 136 cm³/mol. The highest BCUT2D eigenvalue weighted by Crippen LogP contribution is 2.33. The molecule has 1 aliphatic heterocycles. The number of amides is 1. The zero-order chi connectivity index (χ0) is 25.5. The lowest BCUT2D eigenvalue weighted by atomic mass is 10.2. The second-order valence-electron chi connectivity index (χ2n) is 8.96. The Kier molecular flexibility index (Phi) is 8.12. The summed E-state index contributed by atoms with van der Waals surface area (Å²) in [6.45, 7) is 4.38. The van der Waals surface area contributed by atoms with Crippen molar-refractivity contribution < 1.29 is 27.1 Å². The van der Waals surface area contributed by atoms with E-state index in [4.69, 9.17) is 13.9 Å². The van der Waals surface area contributed by atoms with Crippen LogP contribution in [-0.2, 0) is 27.9 Å². The van der Waals surface area contributed by atoms with Gasteiger partial charge in [-0.25, -0.2) is 8.42 Å². The maximum Gasteiger partial charge on any atom is 0.238 e. The van der Waals surface area contributed by atoms with Crippen LogP contribution in [0.25, 0.3) is 6.08 Å². The summed E-state index contributed by atoms with van der Waals surface area (Å²) in [6, 6.07) is 18.2. The van der Waals surface area contributed by atoms with E-state index in [0.717, 1.165) is 16.5 Å². The lowest BCUT2D eigenvalue weighted by Crippen LogP contribution is -2.43. The summed E-state index contributed by atoms with van der Waals surface area (Å²) in [5, 5.41) is 1.16. The summed E-state index contributed by atoms with van der Waals surface area (Å²) in [5.41, 5.74) is 1.60. The fourth-order valence-electron chi connectivity index (χ4n) is 3.81. The number of nitrogens with zero attached hydrogens (tertiary/aromatic N) is 2. The number of rotatable bonds is 11. The first-order chi connectivity index (χ1) is 17.3. The average molecular weight is 511 g/mol. The first kappa shape index (κ1) is 25.5. The van der Waals surface area contributed by atoms with Crippen molar-refractivity contribution in [3.63, 3.8) is 0 Å². The lowest BCUT2D eigenvalue weighted by Gasteiger charge is -2.27. The number of hydrogen-bond donors (Lipinski definition) is 0. The Balaban J connectivity index is 1.55. The average Bonchev–Trinajstić information content (AvgIpc) is 3.54. The van der Waals surface area contributed by atoms with Gasteiger partial charge < -0.3 is 18.8 Å². The van der Waals surface area contributed by atoms with Gasteiger partial charge in [0.1, 0.15) is 5.76 Å². The third-order valence-corrected chi connectivity index (χ3v) is 7.04. The van der Waals surface area contributed by atoms with E-state index in [1.54, 1.807) is 35.4 Å². The Labute approximate surface area is 211 Å². The molecule has 0 fully saturated rings. The number of benzene rings is 2. The molecule has 2 aromatic carbocycles. The zero-order valence-corrected chi connectivity index (χ0v) is 21.2. The van der Waals surface area contributed by atoms with Crippen LogP contribution < -0.4 is 9.47 Å². The Morgan fingerprint density at radius 1 is 1.00 bits per heavy atom. The third kappa shape index (κ3) is 6.77. The number of carbonyl (C=O) groups is 1. The molecule has 3 aromatic rings. The Bertz CT molecular complexity index is 1290. The standard InChI is InChI=1S/C27H30N2O6S/c1-21(2)16-29(36(31,32)14-12-22-7-4-3-5-8-22)19-27(30)28(18-24-9-6-13-33-24)17-23-10-11-25-26(15-23)35-20-34-25/h3-15,21H,16-20H2,1-2H3/b14-12+. The Hall–Kier alpha value is -3.56. The molecule has 0 N–H and O–H groups in total. The molecule has 0 spiro atoms. The SMILES string of the molecule is CC(C)CN(CC(=O)N(Cc1ccc2c(c1)OCO2)Cc1ccco1)S(=O)(=O)/C=C/c1ccccc1. The molecule has 36 heavy (non-hydrogen) atoms. The number of hydrogen-bond acceptors (Lipinski definition) is 6. The van der Waals surface area contributed by atoms with Gasteiger partial charge in [-0.1, -0.05) is 50.2 Å². The second-order valence-corrected chi connectivity index (χ2v) is 10.8. The molecular formula is C27H30N2O6S. The van der Waals surface area contributed by atoms with E-state index < -0.39 is 10.0 Å². The molecule has 190 valence electrons. The number of sulfonamides is 1. The van der Waals surface area contributed by atoms with Gasteiger partial charge in [-0.05, 0) is 47.4 Å². The van der Waals surface area contributed by atoms with Gasteiger partial charge in [0.05, 0.1) is 19.4 Å². The van der Waals surface area contributed by atoms with Crippen LogP contribution in [0.2, 0.25) is 0 Å². The summed E-state index contributed by atoms with van der Waals surface area (Å²) in [5.74, 6) is 1.58. The summed E-state index contributed by atoms with van der Waals surface area (Å²) in [7, 11) is -3.84. The molecule has 1 aromatic heterocycles. The van der Waals surface area contributed by atoms with Crippen LogP contribution in [0.5, 0.6) is 11.5 Å². The molecule has 8 nitrogen and oxygen atoms in total. The van der Waals surface area contributed by atoms with E-state index in [0.29, 0.717) is 17.3 Å². The van der Waals surface area contributed by atoms with Gasteiger partial charge in [0.25, 0.3) is 0 Å². The smallest absolute Gasteiger partial charge is 0.238 e. The highest BCUT2D eigenvalue weighted by molar-refractivity contribution is 7.92. The quantitative estimate of drug-likeness (QED) is 0.378. The van der Waals surface area contributed by atoms with Crippen molar-refractivity contribution in [3.8, 4) is 11.5 Å². The highest BCUT2D eigenvalue weighted by Gasteiger charge is 2.27. The number of furan rings is 1. The second kappa shape index (κ2) is 11.5. The van der Waals surface area contributed by atoms with Crippen molar-refractivity contribution in [1.29, 1.82) is 0 Å². The zero-order valence-electron chi connectivity index (χ0n) is 20.4. The van der Waals surface area contributed by atoms with Crippen LogP contribution in [0, 0.1) is 5.92 Å². The number of ether oxygens (including phenoxy) is 2. The predicted octanol–water partition coefficient (Wildman–Crippen LogP) is 4.50. The van der Waals surface area contributed by atoms with E-state index >= 15 is 0 Å². The van der Waals surface area contributed by atoms with Crippen LogP contribution >= 0.6 is 0 Å². The minimum Gasteiger partial charge on any atom is -0.467 e. The molecular weight excluding hydrogens is 480 g/mol. The highest BCUT2D eigenvalue weighted by atomic mass is 32.2. The van der Waals surface area contributed by atoms with E-state index in [1.807, 2.05) is 56.3 Å². The Morgan fingerprint density at radius 2 is 1.78 bits per heavy atom. The molecule has 9 heteroatoms. The van der Waals surface area contributed by atoms with Crippen LogP contribution in [0.15, 0.2) is 76.8 Å². The fourth-order valence-corrected chi connectivity index (χ4v) is 5.11. The largest absolute Gasteiger partial charge is 0.467 e. The monoisotopic (exact) mass is 510 g/mol. The molecule has 2 heterocycles. The van der Waals surface area contributed by atoms with Gasteiger partial charge in [-0.3, -0.25) is 4.79 Å². The molecule has 0 aliphatic carbocycles. The van der Waals surface area contributed by atoms with Crippen LogP contribution in [-0.4, -0.2) is 43.4 Å². The molecule has 0 unspecified atom stereocenters. The van der Waals surface area contributed by atoms with E-state index in [2.05, 4.69) is 0 Å². The topological polar surface area (TPSA) is 89.3 Å². The summed E-state index contributed by atoms with van der Waals surface area (Å²) >= 11 is 0. The summed E-state index contributed by atoms with van der Waals surface area (Å²) in [4.78, 5) is 15.1. The van der Waals surface area contributed by atoms with Crippen molar-refractivity contribution in [2.45, 2.75) is 26.9 Å². The van der Waals surface area contributed by atoms with E-state index in [-0.39, 0.29) is 44.8 Å². The van der Waals surface area contributed by atoms with E-state index in [1.165, 1.54) is 4.31 Å². The minimum atomic E-state index is -3.84. The van der Waals surface area contributed by atoms with Gasteiger partial charge >= 0.3 is 0 Å². The molecule has 4 rings (SSSR count). The minimum absolute atomic E-state index is 0.0325. The number of carbonyl (C=O) groups excluding carboxylic acids is 1. The van der Waals surface area contributed by atoms with Gasteiger partial charge in [0, 0.05) is 18.5 Å². The van der Waals surface area contributed by atoms with Crippen molar-refractivity contribution in [3.05, 3.63) is 89.2 Å². The van der Waals surface area contributed by atoms with Gasteiger partial charge in [-0.15, -0.1) is 0 Å². The van der Waals surface area contributed by atoms with Gasteiger partial charge in [0.15, 0.2) is 11.5 Å². The molecule has 0 saturated heterocycles. The molecule has 1 aliphatic rings. The first-order valence-electron chi connectivity index (χ1n) is 11.7. The lowest BCUT2D eigenvalue weighted by molar-refractivity contribution is -0.133. The first-order valence-corrected chi connectivity index (χ1v) is 13.2. The molecule has 0 bridgehead atoms. The Morgan fingerprint density at radius 3 is 2.50 bits per heavy atom. The molecule has 0 saturated carbocycles. The summed E-state index contributed by atoms with van der Waals surface area (Å²) < 4.78 is 44.0. The van der Waals surface area contributed by atoms with Crippen molar-refractivity contribution in [2.75, 3.05) is 19.9 Å². The molecule has 0 atom stereocenters. The number of fused-ring (bicyclic) bond motifs is 1. The normalized spacial score (nSPS) is 13.1. The van der Waals surface area contributed by atoms with Crippen molar-refractivity contribution >= 4 is 22.0 Å².